The highest BCUT2D eigenvalue weighted by Crippen LogP contribution is 2.30. The maximum absolute atomic E-state index is 14.8. The lowest BCUT2D eigenvalue weighted by molar-refractivity contribution is -0.122. The third-order valence-electron chi connectivity index (χ3n) is 5.80. The number of carbonyl (C=O) groups is 2. The third kappa shape index (κ3) is 3.97. The molecule has 2 aromatic carbocycles. The summed E-state index contributed by atoms with van der Waals surface area (Å²) >= 11 is 5.29. The van der Waals surface area contributed by atoms with Crippen molar-refractivity contribution in [3.8, 4) is 0 Å². The van der Waals surface area contributed by atoms with Crippen molar-refractivity contribution in [2.45, 2.75) is 33.1 Å². The quantitative estimate of drug-likeness (QED) is 0.444. The van der Waals surface area contributed by atoms with E-state index >= 15 is 0 Å². The topological polar surface area (TPSA) is 52.7 Å². The first kappa shape index (κ1) is 21.2. The van der Waals surface area contributed by atoms with Gasteiger partial charge in [-0.15, -0.1) is 0 Å². The first-order chi connectivity index (χ1) is 14.9. The van der Waals surface area contributed by atoms with Gasteiger partial charge in [0.05, 0.1) is 11.4 Å². The van der Waals surface area contributed by atoms with Gasteiger partial charge in [0.15, 0.2) is 5.11 Å². The van der Waals surface area contributed by atoms with Crippen LogP contribution in [-0.2, 0) is 16.0 Å². The predicted octanol–water partition coefficient (Wildman–Crippen LogP) is 4.13. The first-order valence-electron chi connectivity index (χ1n) is 10.4. The van der Waals surface area contributed by atoms with E-state index in [9.17, 15) is 14.0 Å². The summed E-state index contributed by atoms with van der Waals surface area (Å²) in [5.74, 6) is -1.45. The van der Waals surface area contributed by atoms with Crippen molar-refractivity contribution in [2.75, 3.05) is 22.9 Å². The number of nitrogens with zero attached hydrogens (tertiary/aromatic N) is 2. The van der Waals surface area contributed by atoms with Gasteiger partial charge in [0, 0.05) is 13.1 Å². The minimum absolute atomic E-state index is 0.0420. The number of aryl methyl sites for hydroxylation is 2. The lowest BCUT2D eigenvalue weighted by atomic mass is 10.0. The number of thiocarbonyl (C=S) groups is 1. The minimum Gasteiger partial charge on any atom is -0.369 e. The molecule has 0 bridgehead atoms. The SMILES string of the molecule is CCc1ccccc1N1C(=O)/C(=C/c2cc(F)c(N3CCCC3)cc2C)C(=O)NC1=S. The molecule has 0 saturated carbocycles. The van der Waals surface area contributed by atoms with Crippen LogP contribution in [0.5, 0.6) is 0 Å². The molecule has 0 spiro atoms. The van der Waals surface area contributed by atoms with Gasteiger partial charge in [0.25, 0.3) is 11.8 Å². The molecule has 0 radical (unpaired) electrons. The number of para-hydroxylation sites is 1. The number of rotatable bonds is 4. The highest BCUT2D eigenvalue weighted by Gasteiger charge is 2.35. The van der Waals surface area contributed by atoms with E-state index in [1.807, 2.05) is 36.9 Å². The van der Waals surface area contributed by atoms with E-state index < -0.39 is 11.8 Å². The molecule has 1 N–H and O–H groups in total. The Morgan fingerprint density at radius 3 is 2.55 bits per heavy atom. The average molecular weight is 438 g/mol. The summed E-state index contributed by atoms with van der Waals surface area (Å²) in [6.07, 6.45) is 4.26. The van der Waals surface area contributed by atoms with Crippen LogP contribution in [0.3, 0.4) is 0 Å². The van der Waals surface area contributed by atoms with Crippen molar-refractivity contribution in [2.24, 2.45) is 0 Å². The van der Waals surface area contributed by atoms with Crippen molar-refractivity contribution in [3.63, 3.8) is 0 Å². The number of anilines is 2. The zero-order valence-electron chi connectivity index (χ0n) is 17.6. The Morgan fingerprint density at radius 2 is 1.84 bits per heavy atom. The summed E-state index contributed by atoms with van der Waals surface area (Å²) < 4.78 is 14.8. The summed E-state index contributed by atoms with van der Waals surface area (Å²) in [7, 11) is 0. The second kappa shape index (κ2) is 8.59. The fourth-order valence-corrected chi connectivity index (χ4v) is 4.37. The second-order valence-electron chi connectivity index (χ2n) is 7.79. The van der Waals surface area contributed by atoms with Crippen LogP contribution in [0.15, 0.2) is 42.0 Å². The van der Waals surface area contributed by atoms with Crippen LogP contribution in [0, 0.1) is 12.7 Å². The van der Waals surface area contributed by atoms with E-state index in [0.29, 0.717) is 23.4 Å². The van der Waals surface area contributed by atoms with E-state index in [4.69, 9.17) is 12.2 Å². The van der Waals surface area contributed by atoms with Crippen molar-refractivity contribution in [1.82, 2.24) is 5.32 Å². The summed E-state index contributed by atoms with van der Waals surface area (Å²) in [6.45, 7) is 5.51. The van der Waals surface area contributed by atoms with Crippen LogP contribution in [0.2, 0.25) is 0 Å². The molecule has 0 atom stereocenters. The van der Waals surface area contributed by atoms with Crippen LogP contribution >= 0.6 is 12.2 Å². The summed E-state index contributed by atoms with van der Waals surface area (Å²) in [6, 6.07) is 10.6. The van der Waals surface area contributed by atoms with Crippen molar-refractivity contribution < 1.29 is 14.0 Å². The Labute approximate surface area is 186 Å². The fraction of sp³-hybridized carbons (Fsp3) is 0.292. The van der Waals surface area contributed by atoms with E-state index in [2.05, 4.69) is 5.32 Å². The molecule has 4 rings (SSSR count). The van der Waals surface area contributed by atoms with Crippen LogP contribution in [0.25, 0.3) is 6.08 Å². The molecule has 0 aliphatic carbocycles. The summed E-state index contributed by atoms with van der Waals surface area (Å²) in [5, 5.41) is 2.64. The standard InChI is InChI=1S/C24H24FN3O2S/c1-3-16-8-4-5-9-20(16)28-23(30)18(22(29)26-24(28)31)13-17-14-19(25)21(12-15(17)2)27-10-6-7-11-27/h4-5,8-9,12-14H,3,6-7,10-11H2,1-2H3,(H,26,29,31)/b18-13+. The number of hydrogen-bond donors (Lipinski definition) is 1. The van der Waals surface area contributed by atoms with Crippen LogP contribution < -0.4 is 15.1 Å². The lowest BCUT2D eigenvalue weighted by Crippen LogP contribution is -2.54. The van der Waals surface area contributed by atoms with Gasteiger partial charge in [-0.05, 0) is 79.4 Å². The van der Waals surface area contributed by atoms with Gasteiger partial charge in [-0.3, -0.25) is 19.8 Å². The number of nitrogens with one attached hydrogen (secondary N) is 1. The summed E-state index contributed by atoms with van der Waals surface area (Å²) in [4.78, 5) is 29.3. The highest BCUT2D eigenvalue weighted by molar-refractivity contribution is 7.80. The first-order valence-corrected chi connectivity index (χ1v) is 10.9. The Morgan fingerprint density at radius 1 is 1.13 bits per heavy atom. The number of carbonyl (C=O) groups excluding carboxylic acids is 2. The maximum atomic E-state index is 14.8. The van der Waals surface area contributed by atoms with E-state index in [0.717, 1.165) is 37.1 Å². The van der Waals surface area contributed by atoms with Gasteiger partial charge in [0.2, 0.25) is 0 Å². The summed E-state index contributed by atoms with van der Waals surface area (Å²) in [5.41, 5.74) is 3.36. The number of amides is 2. The highest BCUT2D eigenvalue weighted by atomic mass is 32.1. The Kier molecular flexibility index (Phi) is 5.87. The molecule has 0 unspecified atom stereocenters. The van der Waals surface area contributed by atoms with Crippen LogP contribution in [0.4, 0.5) is 15.8 Å². The van der Waals surface area contributed by atoms with Gasteiger partial charge in [-0.25, -0.2) is 4.39 Å². The average Bonchev–Trinajstić information content (AvgIpc) is 3.28. The van der Waals surface area contributed by atoms with E-state index in [1.165, 1.54) is 17.0 Å². The van der Waals surface area contributed by atoms with Crippen LogP contribution in [0.1, 0.15) is 36.5 Å². The molecule has 2 aliphatic heterocycles. The molecule has 160 valence electrons. The Hall–Kier alpha value is -3.06. The molecular weight excluding hydrogens is 413 g/mol. The molecule has 0 aromatic heterocycles. The molecule has 2 saturated heterocycles. The van der Waals surface area contributed by atoms with E-state index in [1.54, 1.807) is 12.1 Å². The molecule has 2 fully saturated rings. The zero-order chi connectivity index (χ0) is 22.1. The Balaban J connectivity index is 1.73. The number of benzene rings is 2. The molecule has 5 nitrogen and oxygen atoms in total. The van der Waals surface area contributed by atoms with Gasteiger partial charge < -0.3 is 4.90 Å². The van der Waals surface area contributed by atoms with E-state index in [-0.39, 0.29) is 16.5 Å². The normalized spacial score (nSPS) is 18.2. The molecule has 2 heterocycles. The van der Waals surface area contributed by atoms with Crippen molar-refractivity contribution in [1.29, 1.82) is 0 Å². The smallest absolute Gasteiger partial charge is 0.270 e. The third-order valence-corrected chi connectivity index (χ3v) is 6.08. The molecule has 2 aromatic rings. The Bertz CT molecular complexity index is 1110. The monoisotopic (exact) mass is 437 g/mol. The van der Waals surface area contributed by atoms with Gasteiger partial charge in [0.1, 0.15) is 11.4 Å². The number of halogens is 1. The maximum Gasteiger partial charge on any atom is 0.270 e. The largest absolute Gasteiger partial charge is 0.369 e. The second-order valence-corrected chi connectivity index (χ2v) is 8.18. The molecule has 31 heavy (non-hydrogen) atoms. The van der Waals surface area contributed by atoms with Gasteiger partial charge in [-0.2, -0.15) is 0 Å². The zero-order valence-corrected chi connectivity index (χ0v) is 18.4. The predicted molar refractivity (Wildman–Crippen MR) is 125 cm³/mol. The van der Waals surface area contributed by atoms with Crippen LogP contribution in [-0.4, -0.2) is 30.0 Å². The van der Waals surface area contributed by atoms with Gasteiger partial charge in [-0.1, -0.05) is 25.1 Å². The van der Waals surface area contributed by atoms with Gasteiger partial charge >= 0.3 is 0 Å². The molecule has 2 amide bonds. The van der Waals surface area contributed by atoms with Crippen molar-refractivity contribution in [3.05, 3.63) is 64.5 Å². The van der Waals surface area contributed by atoms with Crippen molar-refractivity contribution >= 4 is 46.6 Å². The lowest BCUT2D eigenvalue weighted by Gasteiger charge is -2.30. The minimum atomic E-state index is -0.580. The molecule has 2 aliphatic rings. The molecule has 7 heteroatoms. The molecular formula is C24H24FN3O2S. The fourth-order valence-electron chi connectivity index (χ4n) is 4.10. The number of hydrogen-bond acceptors (Lipinski definition) is 4.